The number of carbonyl (C=O) groups excluding carboxylic acids is 1. The highest BCUT2D eigenvalue weighted by molar-refractivity contribution is 7.90. The Bertz CT molecular complexity index is 786. The summed E-state index contributed by atoms with van der Waals surface area (Å²) in [4.78, 5) is 15.9. The van der Waals surface area contributed by atoms with Crippen LogP contribution in [0.1, 0.15) is 15.4 Å². The van der Waals surface area contributed by atoms with Crippen LogP contribution in [-0.2, 0) is 16.6 Å². The smallest absolute Gasteiger partial charge is 0.285 e. The summed E-state index contributed by atoms with van der Waals surface area (Å²) < 4.78 is 25.3. The Balaban J connectivity index is 1.98. The number of carbonyl (C=O) groups is 1. The van der Waals surface area contributed by atoms with E-state index in [1.807, 2.05) is 0 Å². The molecule has 0 aliphatic carbocycles. The first-order valence-electron chi connectivity index (χ1n) is 5.56. The molecule has 1 aliphatic heterocycles. The van der Waals surface area contributed by atoms with Crippen LogP contribution in [0.4, 0.5) is 5.13 Å². The molecule has 0 unspecified atom stereocenters. The maximum atomic E-state index is 12.3. The number of hydrogen-bond donors (Lipinski definition) is 1. The molecule has 1 N–H and O–H groups in total. The Kier molecular flexibility index (Phi) is 2.91. The van der Waals surface area contributed by atoms with Crippen molar-refractivity contribution in [3.63, 3.8) is 0 Å². The molecule has 0 aromatic carbocycles. The van der Waals surface area contributed by atoms with Crippen LogP contribution in [0.25, 0.3) is 0 Å². The molecule has 1 amide bonds. The van der Waals surface area contributed by atoms with E-state index in [2.05, 4.69) is 20.5 Å². The summed E-state index contributed by atoms with van der Waals surface area (Å²) in [6.07, 6.45) is 1.34. The second-order valence-corrected chi connectivity index (χ2v) is 6.76. The summed E-state index contributed by atoms with van der Waals surface area (Å²) in [5.41, 5.74) is 0.0888. The minimum absolute atomic E-state index is 0.0888. The first-order valence-corrected chi connectivity index (χ1v) is 7.82. The molecule has 2 aromatic rings. The van der Waals surface area contributed by atoms with E-state index in [4.69, 9.17) is 0 Å². The molecule has 3 heterocycles. The van der Waals surface area contributed by atoms with Gasteiger partial charge in [0.05, 0.1) is 12.1 Å². The molecule has 0 saturated carbocycles. The van der Waals surface area contributed by atoms with E-state index in [1.54, 1.807) is 7.05 Å². The molecule has 104 valence electrons. The highest BCUT2D eigenvalue weighted by Crippen LogP contribution is 2.30. The molecule has 8 nitrogen and oxygen atoms in total. The van der Waals surface area contributed by atoms with E-state index < -0.39 is 15.9 Å². The fourth-order valence-electron chi connectivity index (χ4n) is 1.81. The van der Waals surface area contributed by atoms with Gasteiger partial charge in [-0.2, -0.15) is 8.42 Å². The number of amides is 1. The fraction of sp³-hybridized carbons (Fsp3) is 0.200. The normalized spacial score (nSPS) is 16.2. The van der Waals surface area contributed by atoms with Crippen molar-refractivity contribution in [3.05, 3.63) is 28.9 Å². The lowest BCUT2D eigenvalue weighted by molar-refractivity contribution is 0.0864. The van der Waals surface area contributed by atoms with Gasteiger partial charge in [-0.25, -0.2) is 9.29 Å². The van der Waals surface area contributed by atoms with Gasteiger partial charge < -0.3 is 5.32 Å². The van der Waals surface area contributed by atoms with Crippen molar-refractivity contribution in [1.29, 1.82) is 0 Å². The summed E-state index contributed by atoms with van der Waals surface area (Å²) in [5, 5.41) is 11.2. The number of nitrogens with one attached hydrogen (secondary N) is 1. The molecule has 3 rings (SSSR count). The van der Waals surface area contributed by atoms with Gasteiger partial charge in [0.25, 0.3) is 15.9 Å². The SMILES string of the molecule is CNc1nnc(CN2C(=O)c3cccnc3S2(=O)=O)s1. The summed E-state index contributed by atoms with van der Waals surface area (Å²) in [6.45, 7) is -0.142. The molecule has 0 fully saturated rings. The minimum atomic E-state index is -3.90. The highest BCUT2D eigenvalue weighted by atomic mass is 32.2. The molecule has 10 heteroatoms. The summed E-state index contributed by atoms with van der Waals surface area (Å²) >= 11 is 1.19. The third-order valence-corrected chi connectivity index (χ3v) is 5.34. The largest absolute Gasteiger partial charge is 0.363 e. The summed E-state index contributed by atoms with van der Waals surface area (Å²) in [7, 11) is -2.22. The van der Waals surface area contributed by atoms with Crippen molar-refractivity contribution in [3.8, 4) is 0 Å². The maximum absolute atomic E-state index is 12.3. The van der Waals surface area contributed by atoms with Crippen LogP contribution in [0.5, 0.6) is 0 Å². The van der Waals surface area contributed by atoms with Crippen LogP contribution in [0.2, 0.25) is 0 Å². The van der Waals surface area contributed by atoms with E-state index in [0.717, 1.165) is 4.31 Å². The van der Waals surface area contributed by atoms with Crippen molar-refractivity contribution in [2.24, 2.45) is 0 Å². The molecule has 0 saturated heterocycles. The molecule has 2 aromatic heterocycles. The first-order chi connectivity index (χ1) is 9.54. The van der Waals surface area contributed by atoms with Gasteiger partial charge in [-0.15, -0.1) is 10.2 Å². The number of nitrogens with zero attached hydrogens (tertiary/aromatic N) is 4. The monoisotopic (exact) mass is 311 g/mol. The van der Waals surface area contributed by atoms with E-state index in [0.29, 0.717) is 10.1 Å². The molecule has 0 radical (unpaired) electrons. The van der Waals surface area contributed by atoms with Crippen LogP contribution in [-0.4, -0.2) is 40.9 Å². The molecule has 1 aliphatic rings. The Morgan fingerprint density at radius 1 is 1.40 bits per heavy atom. The van der Waals surface area contributed by atoms with Crippen molar-refractivity contribution in [2.45, 2.75) is 11.6 Å². The number of fused-ring (bicyclic) bond motifs is 1. The summed E-state index contributed by atoms with van der Waals surface area (Å²) in [5.74, 6) is -0.589. The van der Waals surface area contributed by atoms with Crippen LogP contribution in [0, 0.1) is 0 Å². The fourth-order valence-corrected chi connectivity index (χ4v) is 4.01. The average molecular weight is 311 g/mol. The van der Waals surface area contributed by atoms with Gasteiger partial charge in [0.15, 0.2) is 5.03 Å². The highest BCUT2D eigenvalue weighted by Gasteiger charge is 2.42. The molecular weight excluding hydrogens is 302 g/mol. The first kappa shape index (κ1) is 12.9. The molecular formula is C10H9N5O3S2. The van der Waals surface area contributed by atoms with Crippen molar-refractivity contribution < 1.29 is 13.2 Å². The zero-order valence-electron chi connectivity index (χ0n) is 10.3. The van der Waals surface area contributed by atoms with Gasteiger partial charge in [0.1, 0.15) is 5.01 Å². The van der Waals surface area contributed by atoms with Crippen LogP contribution >= 0.6 is 11.3 Å². The molecule has 0 bridgehead atoms. The van der Waals surface area contributed by atoms with Crippen LogP contribution in [0.15, 0.2) is 23.4 Å². The lowest BCUT2D eigenvalue weighted by Gasteiger charge is -2.11. The van der Waals surface area contributed by atoms with E-state index in [-0.39, 0.29) is 17.1 Å². The number of sulfonamides is 1. The predicted molar refractivity (Wildman–Crippen MR) is 70.8 cm³/mol. The van der Waals surface area contributed by atoms with E-state index >= 15 is 0 Å². The van der Waals surface area contributed by atoms with Crippen molar-refractivity contribution >= 4 is 32.4 Å². The Hall–Kier alpha value is -2.07. The lowest BCUT2D eigenvalue weighted by Crippen LogP contribution is -2.29. The number of aromatic nitrogens is 3. The molecule has 20 heavy (non-hydrogen) atoms. The number of rotatable bonds is 3. The van der Waals surface area contributed by atoms with Gasteiger partial charge in [-0.1, -0.05) is 11.3 Å². The Morgan fingerprint density at radius 2 is 2.20 bits per heavy atom. The minimum Gasteiger partial charge on any atom is -0.363 e. The zero-order valence-corrected chi connectivity index (χ0v) is 11.9. The predicted octanol–water partition coefficient (Wildman–Crippen LogP) is 0.320. The van der Waals surface area contributed by atoms with Crippen molar-refractivity contribution in [1.82, 2.24) is 19.5 Å². The van der Waals surface area contributed by atoms with Crippen LogP contribution in [0.3, 0.4) is 0 Å². The lowest BCUT2D eigenvalue weighted by atomic mass is 10.3. The number of hydrogen-bond acceptors (Lipinski definition) is 8. The second kappa shape index (κ2) is 4.49. The quantitative estimate of drug-likeness (QED) is 0.870. The topological polar surface area (TPSA) is 105 Å². The third kappa shape index (κ3) is 1.84. The maximum Gasteiger partial charge on any atom is 0.285 e. The van der Waals surface area contributed by atoms with Gasteiger partial charge in [-0.05, 0) is 12.1 Å². The Morgan fingerprint density at radius 3 is 2.85 bits per heavy atom. The third-order valence-electron chi connectivity index (χ3n) is 2.72. The van der Waals surface area contributed by atoms with Gasteiger partial charge in [0.2, 0.25) is 5.13 Å². The molecule has 0 spiro atoms. The number of pyridine rings is 1. The molecule has 0 atom stereocenters. The van der Waals surface area contributed by atoms with Crippen LogP contribution < -0.4 is 5.32 Å². The Labute approximate surface area is 118 Å². The van der Waals surface area contributed by atoms with Gasteiger partial charge in [-0.3, -0.25) is 4.79 Å². The van der Waals surface area contributed by atoms with Gasteiger partial charge >= 0.3 is 0 Å². The summed E-state index contributed by atoms with van der Waals surface area (Å²) in [6, 6.07) is 2.97. The van der Waals surface area contributed by atoms with E-state index in [9.17, 15) is 13.2 Å². The number of anilines is 1. The second-order valence-electron chi connectivity index (χ2n) is 3.92. The standard InChI is InChI=1S/C10H9N5O3S2/c1-11-10-14-13-7(19-10)5-15-9(16)6-3-2-4-12-8(6)20(15,17)18/h2-4H,5H2,1H3,(H,11,14). The van der Waals surface area contributed by atoms with Crippen molar-refractivity contribution in [2.75, 3.05) is 12.4 Å². The van der Waals surface area contributed by atoms with Gasteiger partial charge in [0, 0.05) is 13.2 Å². The zero-order chi connectivity index (χ0) is 14.3. The van der Waals surface area contributed by atoms with E-state index in [1.165, 1.54) is 29.7 Å². The average Bonchev–Trinajstić information content (AvgIpc) is 2.97.